The molecule has 0 bridgehead atoms. The summed E-state index contributed by atoms with van der Waals surface area (Å²) in [6, 6.07) is 8.66. The van der Waals surface area contributed by atoms with Crippen molar-refractivity contribution in [3.8, 4) is 11.3 Å². The zero-order valence-corrected chi connectivity index (χ0v) is 9.12. The van der Waals surface area contributed by atoms with Gasteiger partial charge in [-0.05, 0) is 30.7 Å². The van der Waals surface area contributed by atoms with Gasteiger partial charge in [-0.15, -0.1) is 0 Å². The third kappa shape index (κ3) is 2.64. The Labute approximate surface area is 96.9 Å². The van der Waals surface area contributed by atoms with Crippen LogP contribution in [0.15, 0.2) is 42.6 Å². The summed E-state index contributed by atoms with van der Waals surface area (Å²) >= 11 is 0. The number of alkyl halides is 3. The molecule has 0 aliphatic rings. The van der Waals surface area contributed by atoms with Gasteiger partial charge in [-0.3, -0.25) is 4.98 Å². The zero-order chi connectivity index (χ0) is 12.5. The Hall–Kier alpha value is -1.84. The molecule has 0 amide bonds. The highest BCUT2D eigenvalue weighted by Crippen LogP contribution is 2.30. The Kier molecular flexibility index (Phi) is 2.88. The first kappa shape index (κ1) is 11.6. The molecular formula is C13H10F3N. The van der Waals surface area contributed by atoms with Crippen LogP contribution in [0.25, 0.3) is 11.3 Å². The summed E-state index contributed by atoms with van der Waals surface area (Å²) in [5.74, 6) is 0. The molecule has 1 aromatic carbocycles. The SMILES string of the molecule is Cc1ccc(-c2ccc(C(F)(F)F)cc2)nc1. The summed E-state index contributed by atoms with van der Waals surface area (Å²) in [4.78, 5) is 4.16. The van der Waals surface area contributed by atoms with Gasteiger partial charge in [0.05, 0.1) is 11.3 Å². The fourth-order valence-corrected chi connectivity index (χ4v) is 1.47. The Morgan fingerprint density at radius 1 is 0.941 bits per heavy atom. The molecule has 0 radical (unpaired) electrons. The smallest absolute Gasteiger partial charge is 0.256 e. The van der Waals surface area contributed by atoms with Gasteiger partial charge in [0.1, 0.15) is 0 Å². The number of nitrogens with zero attached hydrogens (tertiary/aromatic N) is 1. The van der Waals surface area contributed by atoms with Crippen molar-refractivity contribution in [1.82, 2.24) is 4.98 Å². The van der Waals surface area contributed by atoms with Crippen LogP contribution < -0.4 is 0 Å². The van der Waals surface area contributed by atoms with E-state index in [9.17, 15) is 13.2 Å². The van der Waals surface area contributed by atoms with Gasteiger partial charge in [-0.1, -0.05) is 18.2 Å². The molecule has 0 saturated carbocycles. The maximum Gasteiger partial charge on any atom is 0.416 e. The third-order valence-electron chi connectivity index (χ3n) is 2.42. The number of hydrogen-bond donors (Lipinski definition) is 0. The molecule has 0 aliphatic heterocycles. The van der Waals surface area contributed by atoms with Gasteiger partial charge >= 0.3 is 6.18 Å². The van der Waals surface area contributed by atoms with E-state index < -0.39 is 11.7 Å². The lowest BCUT2D eigenvalue weighted by molar-refractivity contribution is -0.137. The van der Waals surface area contributed by atoms with Gasteiger partial charge < -0.3 is 0 Å². The molecule has 0 spiro atoms. The molecule has 0 atom stereocenters. The Balaban J connectivity index is 2.33. The molecule has 17 heavy (non-hydrogen) atoms. The average Bonchev–Trinajstić information content (AvgIpc) is 2.29. The van der Waals surface area contributed by atoms with Gasteiger partial charge in [-0.25, -0.2) is 0 Å². The number of hydrogen-bond acceptors (Lipinski definition) is 1. The van der Waals surface area contributed by atoms with Crippen molar-refractivity contribution in [2.45, 2.75) is 13.1 Å². The van der Waals surface area contributed by atoms with E-state index >= 15 is 0 Å². The topological polar surface area (TPSA) is 12.9 Å². The van der Waals surface area contributed by atoms with Gasteiger partial charge in [0.2, 0.25) is 0 Å². The maximum atomic E-state index is 12.4. The van der Waals surface area contributed by atoms with Crippen molar-refractivity contribution in [2.24, 2.45) is 0 Å². The molecule has 2 rings (SSSR count). The number of pyridine rings is 1. The molecule has 0 fully saturated rings. The Morgan fingerprint density at radius 2 is 1.59 bits per heavy atom. The molecule has 2 aromatic rings. The normalized spacial score (nSPS) is 11.5. The van der Waals surface area contributed by atoms with E-state index in [4.69, 9.17) is 0 Å². The van der Waals surface area contributed by atoms with Crippen LogP contribution in [0.4, 0.5) is 13.2 Å². The fraction of sp³-hybridized carbons (Fsp3) is 0.154. The number of benzene rings is 1. The van der Waals surface area contributed by atoms with Crippen molar-refractivity contribution >= 4 is 0 Å². The highest BCUT2D eigenvalue weighted by molar-refractivity contribution is 5.59. The molecule has 1 aromatic heterocycles. The monoisotopic (exact) mass is 237 g/mol. The van der Waals surface area contributed by atoms with E-state index in [1.165, 1.54) is 12.1 Å². The highest BCUT2D eigenvalue weighted by atomic mass is 19.4. The van der Waals surface area contributed by atoms with E-state index in [-0.39, 0.29) is 0 Å². The van der Waals surface area contributed by atoms with E-state index in [0.717, 1.165) is 17.7 Å². The van der Waals surface area contributed by atoms with Crippen molar-refractivity contribution in [1.29, 1.82) is 0 Å². The molecule has 1 nitrogen and oxygen atoms in total. The second-order valence-corrected chi connectivity index (χ2v) is 3.80. The maximum absolute atomic E-state index is 12.4. The standard InChI is InChI=1S/C13H10F3N/c1-9-2-7-12(17-8-9)10-3-5-11(6-4-10)13(14,15)16/h2-8H,1H3. The molecule has 0 aliphatic carbocycles. The van der Waals surface area contributed by atoms with Crippen LogP contribution in [0, 0.1) is 6.92 Å². The summed E-state index contributed by atoms with van der Waals surface area (Å²) in [7, 11) is 0. The number of aryl methyl sites for hydroxylation is 1. The third-order valence-corrected chi connectivity index (χ3v) is 2.42. The predicted molar refractivity (Wildman–Crippen MR) is 59.4 cm³/mol. The first-order valence-corrected chi connectivity index (χ1v) is 5.07. The van der Waals surface area contributed by atoms with E-state index in [1.807, 2.05) is 13.0 Å². The predicted octanol–water partition coefficient (Wildman–Crippen LogP) is 4.08. The summed E-state index contributed by atoms with van der Waals surface area (Å²) in [6.45, 7) is 1.91. The van der Waals surface area contributed by atoms with Gasteiger partial charge in [-0.2, -0.15) is 13.2 Å². The second-order valence-electron chi connectivity index (χ2n) is 3.80. The van der Waals surface area contributed by atoms with Crippen molar-refractivity contribution in [2.75, 3.05) is 0 Å². The van der Waals surface area contributed by atoms with Crippen LogP contribution in [0.1, 0.15) is 11.1 Å². The quantitative estimate of drug-likeness (QED) is 0.728. The minimum absolute atomic E-state index is 0.645. The van der Waals surface area contributed by atoms with Gasteiger partial charge in [0.25, 0.3) is 0 Å². The lowest BCUT2D eigenvalue weighted by Crippen LogP contribution is -2.04. The lowest BCUT2D eigenvalue weighted by atomic mass is 10.1. The summed E-state index contributed by atoms with van der Waals surface area (Å²) in [5, 5.41) is 0. The number of rotatable bonds is 1. The Bertz CT molecular complexity index is 498. The first-order chi connectivity index (χ1) is 7.97. The average molecular weight is 237 g/mol. The largest absolute Gasteiger partial charge is 0.416 e. The van der Waals surface area contributed by atoms with Gasteiger partial charge in [0.15, 0.2) is 0 Å². The fourth-order valence-electron chi connectivity index (χ4n) is 1.47. The first-order valence-electron chi connectivity index (χ1n) is 5.07. The van der Waals surface area contributed by atoms with Gasteiger partial charge in [0, 0.05) is 11.8 Å². The summed E-state index contributed by atoms with van der Waals surface area (Å²) < 4.78 is 37.1. The Morgan fingerprint density at radius 3 is 2.06 bits per heavy atom. The highest BCUT2D eigenvalue weighted by Gasteiger charge is 2.29. The molecule has 1 heterocycles. The van der Waals surface area contributed by atoms with E-state index in [0.29, 0.717) is 11.3 Å². The lowest BCUT2D eigenvalue weighted by Gasteiger charge is -2.07. The van der Waals surface area contributed by atoms with E-state index in [2.05, 4.69) is 4.98 Å². The molecule has 0 N–H and O–H groups in total. The minimum atomic E-state index is -4.29. The summed E-state index contributed by atoms with van der Waals surface area (Å²) in [6.07, 6.45) is -2.60. The molecule has 4 heteroatoms. The molecule has 0 unspecified atom stereocenters. The summed E-state index contributed by atoms with van der Waals surface area (Å²) in [5.41, 5.74) is 1.72. The minimum Gasteiger partial charge on any atom is -0.256 e. The number of aromatic nitrogens is 1. The van der Waals surface area contributed by atoms with Crippen LogP contribution in [0.2, 0.25) is 0 Å². The molecule has 88 valence electrons. The van der Waals surface area contributed by atoms with Crippen LogP contribution in [-0.4, -0.2) is 4.98 Å². The van der Waals surface area contributed by atoms with Crippen LogP contribution in [0.3, 0.4) is 0 Å². The van der Waals surface area contributed by atoms with E-state index in [1.54, 1.807) is 12.3 Å². The van der Waals surface area contributed by atoms with Crippen LogP contribution >= 0.6 is 0 Å². The van der Waals surface area contributed by atoms with Crippen molar-refractivity contribution in [3.05, 3.63) is 53.7 Å². The molecular weight excluding hydrogens is 227 g/mol. The molecule has 0 saturated heterocycles. The van der Waals surface area contributed by atoms with Crippen LogP contribution in [0.5, 0.6) is 0 Å². The van der Waals surface area contributed by atoms with Crippen molar-refractivity contribution in [3.63, 3.8) is 0 Å². The second kappa shape index (κ2) is 4.20. The zero-order valence-electron chi connectivity index (χ0n) is 9.12. The van der Waals surface area contributed by atoms with Crippen molar-refractivity contribution < 1.29 is 13.2 Å². The van der Waals surface area contributed by atoms with Crippen LogP contribution in [-0.2, 0) is 6.18 Å². The number of halogens is 3.